The number of aromatic nitrogens is 2. The molecule has 2 amide bonds. The summed E-state index contributed by atoms with van der Waals surface area (Å²) in [4.78, 5) is 35.2. The summed E-state index contributed by atoms with van der Waals surface area (Å²) in [5.41, 5.74) is 1.68. The quantitative estimate of drug-likeness (QED) is 0.784. The number of nitrogens with one attached hydrogen (secondary N) is 1. The zero-order valence-electron chi connectivity index (χ0n) is 17.3. The van der Waals surface area contributed by atoms with Crippen molar-refractivity contribution in [3.63, 3.8) is 0 Å². The van der Waals surface area contributed by atoms with Crippen LogP contribution in [0.15, 0.2) is 24.3 Å². The van der Waals surface area contributed by atoms with Crippen LogP contribution in [0.2, 0.25) is 0 Å². The van der Waals surface area contributed by atoms with Crippen LogP contribution in [-0.2, 0) is 11.3 Å². The highest BCUT2D eigenvalue weighted by Crippen LogP contribution is 2.22. The van der Waals surface area contributed by atoms with Crippen LogP contribution in [0, 0.1) is 31.4 Å². The molecule has 160 valence electrons. The van der Waals surface area contributed by atoms with Gasteiger partial charge in [0.15, 0.2) is 11.6 Å². The van der Waals surface area contributed by atoms with E-state index < -0.39 is 11.6 Å². The van der Waals surface area contributed by atoms with E-state index in [0.29, 0.717) is 43.0 Å². The van der Waals surface area contributed by atoms with Crippen molar-refractivity contribution >= 4 is 11.8 Å². The maximum absolute atomic E-state index is 13.2. The zero-order valence-corrected chi connectivity index (χ0v) is 17.3. The lowest BCUT2D eigenvalue weighted by molar-refractivity contribution is -0.121. The summed E-state index contributed by atoms with van der Waals surface area (Å²) in [6, 6.07) is 5.27. The number of hydrogen-bond donors (Lipinski definition) is 1. The van der Waals surface area contributed by atoms with Crippen LogP contribution in [0.25, 0.3) is 0 Å². The number of piperidine rings is 1. The molecule has 1 aromatic heterocycles. The van der Waals surface area contributed by atoms with Gasteiger partial charge in [0.05, 0.1) is 0 Å². The molecule has 1 fully saturated rings. The van der Waals surface area contributed by atoms with Crippen molar-refractivity contribution in [1.29, 1.82) is 0 Å². The van der Waals surface area contributed by atoms with Crippen molar-refractivity contribution in [2.75, 3.05) is 13.1 Å². The second kappa shape index (κ2) is 9.73. The molecule has 30 heavy (non-hydrogen) atoms. The first kappa shape index (κ1) is 21.8. The highest BCUT2D eigenvalue weighted by Gasteiger charge is 2.26. The van der Waals surface area contributed by atoms with Gasteiger partial charge in [0.2, 0.25) is 5.91 Å². The Morgan fingerprint density at radius 1 is 1.17 bits per heavy atom. The van der Waals surface area contributed by atoms with Crippen molar-refractivity contribution in [2.24, 2.45) is 5.92 Å². The second-order valence-electron chi connectivity index (χ2n) is 7.77. The summed E-state index contributed by atoms with van der Waals surface area (Å²) in [5.74, 6) is -1.27. The maximum atomic E-state index is 13.2. The third-order valence-electron chi connectivity index (χ3n) is 5.24. The van der Waals surface area contributed by atoms with E-state index in [4.69, 9.17) is 0 Å². The molecule has 1 saturated heterocycles. The van der Waals surface area contributed by atoms with Gasteiger partial charge in [-0.25, -0.2) is 18.7 Å². The molecule has 1 atom stereocenters. The average Bonchev–Trinajstić information content (AvgIpc) is 2.72. The van der Waals surface area contributed by atoms with Crippen LogP contribution in [0.1, 0.15) is 53.3 Å². The van der Waals surface area contributed by atoms with E-state index in [2.05, 4.69) is 15.3 Å². The molecule has 0 spiro atoms. The fraction of sp³-hybridized carbons (Fsp3) is 0.455. The van der Waals surface area contributed by atoms with Gasteiger partial charge < -0.3 is 10.2 Å². The lowest BCUT2D eigenvalue weighted by Gasteiger charge is -2.32. The van der Waals surface area contributed by atoms with E-state index in [1.165, 1.54) is 6.07 Å². The standard InChI is InChI=1S/C22H26F2N4O2/c1-14-10-20(27-15(2)26-14)22(30)28-9-3-4-16(13-28)6-8-21(29)25-12-17-5-7-18(23)19(24)11-17/h5,7,10-11,16H,3-4,6,8-9,12-13H2,1-2H3,(H,25,29)/t16-/m0/s1. The van der Waals surface area contributed by atoms with Crippen molar-refractivity contribution in [3.8, 4) is 0 Å². The first-order valence-corrected chi connectivity index (χ1v) is 10.1. The van der Waals surface area contributed by atoms with Crippen molar-refractivity contribution in [1.82, 2.24) is 20.2 Å². The minimum atomic E-state index is -0.928. The molecule has 0 radical (unpaired) electrons. The number of halogens is 2. The summed E-state index contributed by atoms with van der Waals surface area (Å²) in [5, 5.41) is 2.73. The van der Waals surface area contributed by atoms with Crippen LogP contribution in [-0.4, -0.2) is 39.8 Å². The zero-order chi connectivity index (χ0) is 21.7. The minimum absolute atomic E-state index is 0.101. The summed E-state index contributed by atoms with van der Waals surface area (Å²) < 4.78 is 26.2. The van der Waals surface area contributed by atoms with E-state index in [9.17, 15) is 18.4 Å². The van der Waals surface area contributed by atoms with E-state index >= 15 is 0 Å². The third-order valence-corrected chi connectivity index (χ3v) is 5.24. The Morgan fingerprint density at radius 2 is 1.97 bits per heavy atom. The number of likely N-dealkylation sites (tertiary alicyclic amines) is 1. The van der Waals surface area contributed by atoms with E-state index in [0.717, 1.165) is 30.7 Å². The van der Waals surface area contributed by atoms with Crippen LogP contribution < -0.4 is 5.32 Å². The summed E-state index contributed by atoms with van der Waals surface area (Å²) in [6.07, 6.45) is 2.83. The second-order valence-corrected chi connectivity index (χ2v) is 7.77. The molecule has 8 heteroatoms. The molecule has 1 N–H and O–H groups in total. The largest absolute Gasteiger partial charge is 0.352 e. The van der Waals surface area contributed by atoms with Crippen LogP contribution in [0.3, 0.4) is 0 Å². The lowest BCUT2D eigenvalue weighted by atomic mass is 9.93. The molecule has 2 heterocycles. The summed E-state index contributed by atoms with van der Waals surface area (Å²) >= 11 is 0. The van der Waals surface area contributed by atoms with Crippen molar-refractivity contribution in [3.05, 3.63) is 58.7 Å². The molecule has 2 aromatic rings. The van der Waals surface area contributed by atoms with Gasteiger partial charge in [0, 0.05) is 31.7 Å². The normalized spacial score (nSPS) is 16.4. The molecule has 0 saturated carbocycles. The smallest absolute Gasteiger partial charge is 0.272 e. The molecular weight excluding hydrogens is 390 g/mol. The third kappa shape index (κ3) is 5.81. The van der Waals surface area contributed by atoms with Gasteiger partial charge in [0.1, 0.15) is 11.5 Å². The molecular formula is C22H26F2N4O2. The Balaban J connectivity index is 1.48. The number of hydrogen-bond acceptors (Lipinski definition) is 4. The number of amides is 2. The van der Waals surface area contributed by atoms with E-state index in [1.54, 1.807) is 17.9 Å². The first-order chi connectivity index (χ1) is 14.3. The SMILES string of the molecule is Cc1cc(C(=O)N2CCC[C@@H](CCC(=O)NCc3ccc(F)c(F)c3)C2)nc(C)n1. The number of benzene rings is 1. The van der Waals surface area contributed by atoms with Gasteiger partial charge >= 0.3 is 0 Å². The summed E-state index contributed by atoms with van der Waals surface area (Å²) in [6.45, 7) is 5.03. The highest BCUT2D eigenvalue weighted by atomic mass is 19.2. The molecule has 1 aliphatic rings. The molecule has 1 aliphatic heterocycles. The Labute approximate surface area is 174 Å². The van der Waals surface area contributed by atoms with Gasteiger partial charge in [-0.2, -0.15) is 0 Å². The fourth-order valence-corrected chi connectivity index (χ4v) is 3.75. The lowest BCUT2D eigenvalue weighted by Crippen LogP contribution is -2.40. The predicted molar refractivity (Wildman–Crippen MR) is 108 cm³/mol. The average molecular weight is 416 g/mol. The molecule has 0 bridgehead atoms. The highest BCUT2D eigenvalue weighted by molar-refractivity contribution is 5.92. The number of carbonyl (C=O) groups excluding carboxylic acids is 2. The molecule has 0 unspecified atom stereocenters. The molecule has 1 aromatic carbocycles. The summed E-state index contributed by atoms with van der Waals surface area (Å²) in [7, 11) is 0. The Kier molecular flexibility index (Phi) is 7.07. The van der Waals surface area contributed by atoms with Crippen LogP contribution >= 0.6 is 0 Å². The minimum Gasteiger partial charge on any atom is -0.352 e. The van der Waals surface area contributed by atoms with Gasteiger partial charge in [-0.05, 0) is 62.8 Å². The van der Waals surface area contributed by atoms with Crippen LogP contribution in [0.4, 0.5) is 8.78 Å². The molecule has 3 rings (SSSR count). The van der Waals surface area contributed by atoms with Gasteiger partial charge in [-0.3, -0.25) is 9.59 Å². The number of carbonyl (C=O) groups is 2. The van der Waals surface area contributed by atoms with Crippen LogP contribution in [0.5, 0.6) is 0 Å². The Hall–Kier alpha value is -2.90. The first-order valence-electron chi connectivity index (χ1n) is 10.1. The monoisotopic (exact) mass is 416 g/mol. The number of nitrogens with zero attached hydrogens (tertiary/aromatic N) is 3. The fourth-order valence-electron chi connectivity index (χ4n) is 3.75. The number of aryl methyl sites for hydroxylation is 2. The number of rotatable bonds is 6. The van der Waals surface area contributed by atoms with Gasteiger partial charge in [0.25, 0.3) is 5.91 Å². The topological polar surface area (TPSA) is 75.2 Å². The van der Waals surface area contributed by atoms with Crippen molar-refractivity contribution in [2.45, 2.75) is 46.1 Å². The Bertz CT molecular complexity index is 915. The molecule has 0 aliphatic carbocycles. The predicted octanol–water partition coefficient (Wildman–Crippen LogP) is 3.32. The Morgan fingerprint density at radius 3 is 2.70 bits per heavy atom. The maximum Gasteiger partial charge on any atom is 0.272 e. The molecule has 6 nitrogen and oxygen atoms in total. The van der Waals surface area contributed by atoms with Gasteiger partial charge in [-0.15, -0.1) is 0 Å². The van der Waals surface area contributed by atoms with Crippen molar-refractivity contribution < 1.29 is 18.4 Å². The van der Waals surface area contributed by atoms with E-state index in [-0.39, 0.29) is 24.3 Å². The van der Waals surface area contributed by atoms with Gasteiger partial charge in [-0.1, -0.05) is 6.07 Å². The van der Waals surface area contributed by atoms with E-state index in [1.807, 2.05) is 6.92 Å².